The maximum absolute atomic E-state index is 5.29. The molecule has 4 heterocycles. The molecule has 2 aliphatic heterocycles. The van der Waals surface area contributed by atoms with E-state index in [1.54, 1.807) is 7.11 Å². The third-order valence-corrected chi connectivity index (χ3v) is 5.57. The Morgan fingerprint density at radius 2 is 2.30 bits per heavy atom. The fourth-order valence-electron chi connectivity index (χ4n) is 4.76. The number of nitrogens with zero attached hydrogens (tertiary/aromatic N) is 2. The Kier molecular flexibility index (Phi) is 2.09. The molecule has 0 radical (unpaired) electrons. The topological polar surface area (TPSA) is 41.1 Å². The van der Waals surface area contributed by atoms with Crippen molar-refractivity contribution >= 4 is 11.0 Å². The first-order valence-electron chi connectivity index (χ1n) is 7.63. The van der Waals surface area contributed by atoms with E-state index in [0.717, 1.165) is 29.8 Å². The summed E-state index contributed by atoms with van der Waals surface area (Å²) in [6, 6.07) is 4.84. The number of hydrogen-bond donors (Lipinski definition) is 1. The molecule has 3 aliphatic rings. The number of nitrogens with one attached hydrogen (secondary N) is 1. The summed E-state index contributed by atoms with van der Waals surface area (Å²) in [5, 5.41) is 0. The monoisotopic (exact) mass is 269 g/mol. The van der Waals surface area contributed by atoms with Gasteiger partial charge in [-0.25, -0.2) is 4.98 Å². The van der Waals surface area contributed by atoms with Crippen LogP contribution in [0.3, 0.4) is 0 Å². The summed E-state index contributed by atoms with van der Waals surface area (Å²) in [5.41, 5.74) is 5.21. The third-order valence-electron chi connectivity index (χ3n) is 5.57. The van der Waals surface area contributed by atoms with Crippen LogP contribution in [0.4, 0.5) is 0 Å². The van der Waals surface area contributed by atoms with Crippen LogP contribution in [0.2, 0.25) is 0 Å². The highest BCUT2D eigenvalue weighted by Crippen LogP contribution is 2.50. The average Bonchev–Trinajstić information content (AvgIpc) is 3.14. The fourth-order valence-corrected chi connectivity index (χ4v) is 4.76. The number of piperidine rings is 1. The smallest absolute Gasteiger partial charge is 0.213 e. The molecule has 3 atom stereocenters. The molecule has 4 nitrogen and oxygen atoms in total. The van der Waals surface area contributed by atoms with Crippen molar-refractivity contribution in [2.45, 2.75) is 31.2 Å². The van der Waals surface area contributed by atoms with Crippen LogP contribution in [-0.4, -0.2) is 41.1 Å². The highest BCUT2D eigenvalue weighted by Gasteiger charge is 2.48. The Morgan fingerprint density at radius 3 is 3.15 bits per heavy atom. The zero-order valence-corrected chi connectivity index (χ0v) is 11.7. The van der Waals surface area contributed by atoms with Crippen LogP contribution in [0.15, 0.2) is 12.1 Å². The number of fused-ring (bicyclic) bond motifs is 5. The molecule has 1 saturated carbocycles. The normalized spacial score (nSPS) is 31.6. The van der Waals surface area contributed by atoms with E-state index in [1.807, 2.05) is 6.07 Å². The molecule has 1 N–H and O–H groups in total. The minimum absolute atomic E-state index is 0.700. The molecule has 2 aromatic heterocycles. The number of hydrogen-bond acceptors (Lipinski definition) is 3. The first-order valence-corrected chi connectivity index (χ1v) is 7.63. The molecule has 104 valence electrons. The lowest BCUT2D eigenvalue weighted by Crippen LogP contribution is -2.36. The molecule has 2 bridgehead atoms. The van der Waals surface area contributed by atoms with Crippen LogP contribution in [0, 0.1) is 5.92 Å². The molecule has 2 fully saturated rings. The van der Waals surface area contributed by atoms with Crippen molar-refractivity contribution in [1.29, 1.82) is 0 Å². The molecular formula is C16H19N3O. The quantitative estimate of drug-likeness (QED) is 0.863. The number of pyridine rings is 1. The van der Waals surface area contributed by atoms with Crippen molar-refractivity contribution < 1.29 is 4.74 Å². The van der Waals surface area contributed by atoms with Gasteiger partial charge in [0.15, 0.2) is 0 Å². The second kappa shape index (κ2) is 3.76. The average molecular weight is 269 g/mol. The van der Waals surface area contributed by atoms with Crippen LogP contribution >= 0.6 is 0 Å². The number of methoxy groups -OCH3 is 1. The van der Waals surface area contributed by atoms with Gasteiger partial charge < -0.3 is 9.72 Å². The van der Waals surface area contributed by atoms with E-state index in [2.05, 4.69) is 20.9 Å². The maximum atomic E-state index is 5.29. The molecule has 0 aromatic carbocycles. The molecule has 0 unspecified atom stereocenters. The van der Waals surface area contributed by atoms with E-state index in [0.29, 0.717) is 5.92 Å². The Balaban J connectivity index is 1.71. The van der Waals surface area contributed by atoms with Crippen LogP contribution in [0.5, 0.6) is 5.88 Å². The standard InChI is InChI=1S/C16H19N3O/c1-20-14-3-2-12-16(18-14)10-4-5-19-8-9-6-11(13(19)7-9)15(10)17-12/h2-3,9,11,13,17H,4-8H2,1H3/t9-,11+,13-/m0/s1. The van der Waals surface area contributed by atoms with Gasteiger partial charge in [-0.15, -0.1) is 0 Å². The van der Waals surface area contributed by atoms with Gasteiger partial charge in [-0.05, 0) is 31.2 Å². The predicted octanol–water partition coefficient (Wildman–Crippen LogP) is 2.31. The summed E-state index contributed by atoms with van der Waals surface area (Å²) in [7, 11) is 1.69. The van der Waals surface area contributed by atoms with Gasteiger partial charge in [0.2, 0.25) is 5.88 Å². The maximum Gasteiger partial charge on any atom is 0.213 e. The number of ether oxygens (including phenoxy) is 1. The lowest BCUT2D eigenvalue weighted by atomic mass is 9.94. The Bertz CT molecular complexity index is 692. The largest absolute Gasteiger partial charge is 0.481 e. The van der Waals surface area contributed by atoms with E-state index in [4.69, 9.17) is 4.74 Å². The van der Waals surface area contributed by atoms with Gasteiger partial charge in [0, 0.05) is 42.4 Å². The molecule has 1 saturated heterocycles. The molecule has 0 amide bonds. The van der Waals surface area contributed by atoms with Gasteiger partial charge in [-0.1, -0.05) is 0 Å². The number of aromatic amines is 1. The summed E-state index contributed by atoms with van der Waals surface area (Å²) in [5.74, 6) is 2.34. The van der Waals surface area contributed by atoms with Crippen LogP contribution in [-0.2, 0) is 6.42 Å². The minimum atomic E-state index is 0.700. The third kappa shape index (κ3) is 1.32. The van der Waals surface area contributed by atoms with Crippen molar-refractivity contribution in [1.82, 2.24) is 14.9 Å². The summed E-state index contributed by atoms with van der Waals surface area (Å²) >= 11 is 0. The van der Waals surface area contributed by atoms with Crippen LogP contribution in [0.1, 0.15) is 30.0 Å². The molecule has 20 heavy (non-hydrogen) atoms. The summed E-state index contributed by atoms with van der Waals surface area (Å²) in [4.78, 5) is 11.1. The van der Waals surface area contributed by atoms with Gasteiger partial charge >= 0.3 is 0 Å². The number of H-pyrrole nitrogens is 1. The zero-order valence-electron chi connectivity index (χ0n) is 11.7. The van der Waals surface area contributed by atoms with E-state index in [-0.39, 0.29) is 0 Å². The van der Waals surface area contributed by atoms with Crippen molar-refractivity contribution in [3.63, 3.8) is 0 Å². The van der Waals surface area contributed by atoms with E-state index < -0.39 is 0 Å². The van der Waals surface area contributed by atoms with Gasteiger partial charge in [-0.3, -0.25) is 4.90 Å². The van der Waals surface area contributed by atoms with E-state index in [9.17, 15) is 0 Å². The molecular weight excluding hydrogens is 250 g/mol. The molecule has 0 spiro atoms. The lowest BCUT2D eigenvalue weighted by molar-refractivity contribution is 0.201. The Hall–Kier alpha value is -1.55. The molecule has 1 aliphatic carbocycles. The van der Waals surface area contributed by atoms with E-state index >= 15 is 0 Å². The first-order chi connectivity index (χ1) is 9.83. The molecule has 5 rings (SSSR count). The summed E-state index contributed by atoms with van der Waals surface area (Å²) < 4.78 is 5.29. The van der Waals surface area contributed by atoms with Crippen LogP contribution < -0.4 is 4.74 Å². The molecule has 4 heteroatoms. The van der Waals surface area contributed by atoms with Crippen LogP contribution in [0.25, 0.3) is 11.0 Å². The van der Waals surface area contributed by atoms with Gasteiger partial charge in [0.25, 0.3) is 0 Å². The van der Waals surface area contributed by atoms with Gasteiger partial charge in [0.1, 0.15) is 0 Å². The minimum Gasteiger partial charge on any atom is -0.481 e. The summed E-state index contributed by atoms with van der Waals surface area (Å²) in [6.07, 6.45) is 3.88. The predicted molar refractivity (Wildman–Crippen MR) is 77.2 cm³/mol. The van der Waals surface area contributed by atoms with Crippen molar-refractivity contribution in [3.05, 3.63) is 23.4 Å². The van der Waals surface area contributed by atoms with Gasteiger partial charge in [0.05, 0.1) is 18.1 Å². The summed E-state index contributed by atoms with van der Waals surface area (Å²) in [6.45, 7) is 2.51. The number of rotatable bonds is 1. The van der Waals surface area contributed by atoms with Crippen molar-refractivity contribution in [2.75, 3.05) is 20.2 Å². The zero-order chi connectivity index (χ0) is 13.3. The first kappa shape index (κ1) is 11.1. The molecule has 2 aromatic rings. The number of aromatic nitrogens is 2. The SMILES string of the molecule is COc1ccc2[nH]c3c(c2n1)CCN1C[C@H]2C[C@@H]3[C@@H]1C2. The second-order valence-electron chi connectivity index (χ2n) is 6.52. The van der Waals surface area contributed by atoms with Crippen molar-refractivity contribution in [2.24, 2.45) is 5.92 Å². The fraction of sp³-hybridized carbons (Fsp3) is 0.562. The highest BCUT2D eigenvalue weighted by atomic mass is 16.5. The highest BCUT2D eigenvalue weighted by molar-refractivity contribution is 5.81. The Labute approximate surface area is 118 Å². The Morgan fingerprint density at radius 1 is 1.35 bits per heavy atom. The van der Waals surface area contributed by atoms with Gasteiger partial charge in [-0.2, -0.15) is 0 Å². The lowest BCUT2D eigenvalue weighted by Gasteiger charge is -2.30. The van der Waals surface area contributed by atoms with Crippen molar-refractivity contribution in [3.8, 4) is 5.88 Å². The van der Waals surface area contributed by atoms with E-state index in [1.165, 1.54) is 42.7 Å². The second-order valence-corrected chi connectivity index (χ2v) is 6.52.